The second kappa shape index (κ2) is 7.80. The molecule has 2 aromatic heterocycles. The van der Waals surface area contributed by atoms with E-state index in [0.29, 0.717) is 29.7 Å². The Hall–Kier alpha value is -3.60. The number of hydrogen-bond acceptors (Lipinski definition) is 9. The van der Waals surface area contributed by atoms with Gasteiger partial charge in [-0.25, -0.2) is 0 Å². The minimum Gasteiger partial charge on any atom is -0.497 e. The number of hydrogen-bond donors (Lipinski definition) is 4. The van der Waals surface area contributed by atoms with E-state index in [4.69, 9.17) is 20.9 Å². The van der Waals surface area contributed by atoms with E-state index >= 15 is 0 Å². The third kappa shape index (κ3) is 4.46. The van der Waals surface area contributed by atoms with Crippen molar-refractivity contribution in [3.05, 3.63) is 30.1 Å². The molecule has 11 nitrogen and oxygen atoms in total. The Morgan fingerprint density at radius 1 is 1.21 bits per heavy atom. The van der Waals surface area contributed by atoms with Gasteiger partial charge < -0.3 is 31.6 Å². The van der Waals surface area contributed by atoms with E-state index in [1.54, 1.807) is 36.8 Å². The number of nitrogens with two attached hydrogens (primary N) is 2. The summed E-state index contributed by atoms with van der Waals surface area (Å²) in [4.78, 5) is 16.7. The molecule has 0 saturated carbocycles. The first-order valence-corrected chi connectivity index (χ1v) is 8.78. The number of fused-ring (bicyclic) bond motifs is 1. The highest BCUT2D eigenvalue weighted by atomic mass is 16.5. The van der Waals surface area contributed by atoms with Crippen molar-refractivity contribution < 1.29 is 14.3 Å². The van der Waals surface area contributed by atoms with Crippen molar-refractivity contribution >= 4 is 29.0 Å². The largest absolute Gasteiger partial charge is 0.497 e. The molecular formula is C18H24N8O3. The minimum atomic E-state index is -0.696. The van der Waals surface area contributed by atoms with E-state index in [1.165, 1.54) is 6.33 Å². The van der Waals surface area contributed by atoms with Crippen LogP contribution in [0.2, 0.25) is 0 Å². The molecule has 0 aliphatic rings. The summed E-state index contributed by atoms with van der Waals surface area (Å²) in [6.45, 7) is 4.18. The maximum atomic E-state index is 12.2. The summed E-state index contributed by atoms with van der Waals surface area (Å²) < 4.78 is 12.1. The molecule has 3 aromatic rings. The predicted molar refractivity (Wildman–Crippen MR) is 109 cm³/mol. The number of aromatic nitrogens is 4. The average Bonchev–Trinajstić information content (AvgIpc) is 3.14. The van der Waals surface area contributed by atoms with E-state index < -0.39 is 11.4 Å². The van der Waals surface area contributed by atoms with Gasteiger partial charge in [0.15, 0.2) is 11.5 Å². The summed E-state index contributed by atoms with van der Waals surface area (Å²) in [5, 5.41) is 14.2. The van der Waals surface area contributed by atoms with Gasteiger partial charge in [0.25, 0.3) is 5.91 Å². The summed E-state index contributed by atoms with van der Waals surface area (Å²) >= 11 is 0. The van der Waals surface area contributed by atoms with Gasteiger partial charge in [0.2, 0.25) is 5.95 Å². The molecular weight excluding hydrogens is 376 g/mol. The predicted octanol–water partition coefficient (Wildman–Crippen LogP) is 1.13. The van der Waals surface area contributed by atoms with E-state index in [-0.39, 0.29) is 17.0 Å². The monoisotopic (exact) mass is 400 g/mol. The van der Waals surface area contributed by atoms with Crippen LogP contribution in [0, 0.1) is 0 Å². The maximum Gasteiger partial charge on any atom is 0.256 e. The Bertz CT molecular complexity index is 1020. The van der Waals surface area contributed by atoms with Gasteiger partial charge in [-0.2, -0.15) is 4.98 Å². The fraction of sp³-hybridized carbons (Fsp3) is 0.333. The summed E-state index contributed by atoms with van der Waals surface area (Å²) in [5.74, 6) is 1.06. The number of benzene rings is 1. The van der Waals surface area contributed by atoms with Crippen molar-refractivity contribution in [1.29, 1.82) is 0 Å². The van der Waals surface area contributed by atoms with E-state index in [9.17, 15) is 4.79 Å². The van der Waals surface area contributed by atoms with Crippen LogP contribution in [0.25, 0.3) is 5.65 Å². The van der Waals surface area contributed by atoms with Crippen LogP contribution in [-0.4, -0.2) is 51.8 Å². The van der Waals surface area contributed by atoms with Crippen molar-refractivity contribution in [2.45, 2.75) is 19.4 Å². The molecule has 1 amide bonds. The maximum absolute atomic E-state index is 12.2. The fourth-order valence-corrected chi connectivity index (χ4v) is 2.65. The molecule has 2 heterocycles. The molecule has 1 aromatic carbocycles. The van der Waals surface area contributed by atoms with Crippen LogP contribution in [0.1, 0.15) is 24.2 Å². The van der Waals surface area contributed by atoms with Crippen molar-refractivity contribution in [3.63, 3.8) is 0 Å². The molecule has 0 unspecified atom stereocenters. The van der Waals surface area contributed by atoms with Crippen LogP contribution in [-0.2, 0) is 0 Å². The summed E-state index contributed by atoms with van der Waals surface area (Å²) in [5.41, 5.74) is 12.1. The molecule has 6 N–H and O–H groups in total. The molecule has 29 heavy (non-hydrogen) atoms. The van der Waals surface area contributed by atoms with Crippen LogP contribution >= 0.6 is 0 Å². The van der Waals surface area contributed by atoms with Gasteiger partial charge >= 0.3 is 0 Å². The summed E-state index contributed by atoms with van der Waals surface area (Å²) in [7, 11) is 3.09. The molecule has 0 aliphatic carbocycles. The average molecular weight is 400 g/mol. The Morgan fingerprint density at radius 2 is 1.86 bits per heavy atom. The molecule has 0 atom stereocenters. The molecule has 0 radical (unpaired) electrons. The topological polar surface area (TPSA) is 155 Å². The Kier molecular flexibility index (Phi) is 5.41. The number of methoxy groups -OCH3 is 2. The SMILES string of the molecule is COc1cc(Nc2nc(NCC(C)(C)N)n3cnnc3c2C(N)=O)cc(OC)c1. The molecule has 0 saturated heterocycles. The lowest BCUT2D eigenvalue weighted by Gasteiger charge is -2.20. The number of nitrogens with one attached hydrogen (secondary N) is 2. The Balaban J connectivity index is 2.10. The molecule has 0 spiro atoms. The molecule has 154 valence electrons. The number of primary amides is 1. The quantitative estimate of drug-likeness (QED) is 0.435. The van der Waals surface area contributed by atoms with Gasteiger partial charge in [0.1, 0.15) is 23.4 Å². The number of amides is 1. The van der Waals surface area contributed by atoms with Crippen LogP contribution in [0.4, 0.5) is 17.5 Å². The molecule has 0 fully saturated rings. The standard InChI is InChI=1S/C18H24N8O3/c1-18(2,20)8-21-17-24-15(13(14(19)27)16-25-22-9-26(16)17)23-10-5-11(28-3)7-12(6-10)29-4/h5-7,9,23H,8,20H2,1-4H3,(H2,19,27)(H,21,24). The molecule has 0 bridgehead atoms. The van der Waals surface area contributed by atoms with Gasteiger partial charge in [0.05, 0.1) is 14.2 Å². The fourth-order valence-electron chi connectivity index (χ4n) is 2.65. The van der Waals surface area contributed by atoms with E-state index in [2.05, 4.69) is 25.8 Å². The van der Waals surface area contributed by atoms with E-state index in [1.807, 2.05) is 13.8 Å². The van der Waals surface area contributed by atoms with Gasteiger partial charge in [-0.3, -0.25) is 9.20 Å². The first-order chi connectivity index (χ1) is 13.7. The van der Waals surface area contributed by atoms with Crippen molar-refractivity contribution in [2.75, 3.05) is 31.4 Å². The molecule has 11 heteroatoms. The highest BCUT2D eigenvalue weighted by Gasteiger charge is 2.21. The highest BCUT2D eigenvalue weighted by Crippen LogP contribution is 2.30. The third-order valence-corrected chi connectivity index (χ3v) is 4.02. The van der Waals surface area contributed by atoms with Gasteiger partial charge in [-0.1, -0.05) is 0 Å². The second-order valence-corrected chi connectivity index (χ2v) is 7.12. The summed E-state index contributed by atoms with van der Waals surface area (Å²) in [6, 6.07) is 5.20. The lowest BCUT2D eigenvalue weighted by molar-refractivity contribution is 0.100. The zero-order valence-electron chi connectivity index (χ0n) is 16.7. The second-order valence-electron chi connectivity index (χ2n) is 7.12. The normalized spacial score (nSPS) is 11.3. The number of rotatable bonds is 8. The Labute approximate surface area is 167 Å². The van der Waals surface area contributed by atoms with Gasteiger partial charge in [-0.05, 0) is 13.8 Å². The zero-order chi connectivity index (χ0) is 21.2. The van der Waals surface area contributed by atoms with Gasteiger partial charge in [0, 0.05) is 36.0 Å². The smallest absolute Gasteiger partial charge is 0.256 e. The van der Waals surface area contributed by atoms with Crippen LogP contribution in [0.15, 0.2) is 24.5 Å². The van der Waals surface area contributed by atoms with Crippen molar-refractivity contribution in [2.24, 2.45) is 11.5 Å². The lowest BCUT2D eigenvalue weighted by Crippen LogP contribution is -2.40. The number of ether oxygens (including phenoxy) is 2. The highest BCUT2D eigenvalue weighted by molar-refractivity contribution is 6.04. The van der Waals surface area contributed by atoms with Crippen LogP contribution < -0.4 is 31.6 Å². The first kappa shape index (κ1) is 20.1. The lowest BCUT2D eigenvalue weighted by atomic mass is 10.1. The molecule has 0 aliphatic heterocycles. The van der Waals surface area contributed by atoms with Crippen molar-refractivity contribution in [1.82, 2.24) is 19.6 Å². The Morgan fingerprint density at radius 3 is 2.41 bits per heavy atom. The van der Waals surface area contributed by atoms with E-state index in [0.717, 1.165) is 0 Å². The number of carbonyl (C=O) groups is 1. The minimum absolute atomic E-state index is 0.0989. The number of anilines is 3. The van der Waals surface area contributed by atoms with Crippen LogP contribution in [0.3, 0.4) is 0 Å². The zero-order valence-corrected chi connectivity index (χ0v) is 16.7. The summed E-state index contributed by atoms with van der Waals surface area (Å²) in [6.07, 6.45) is 1.44. The first-order valence-electron chi connectivity index (χ1n) is 8.78. The number of carbonyl (C=O) groups excluding carboxylic acids is 1. The van der Waals surface area contributed by atoms with Gasteiger partial charge in [-0.15, -0.1) is 10.2 Å². The van der Waals surface area contributed by atoms with Crippen molar-refractivity contribution in [3.8, 4) is 11.5 Å². The van der Waals surface area contributed by atoms with Crippen LogP contribution in [0.5, 0.6) is 11.5 Å². The third-order valence-electron chi connectivity index (χ3n) is 4.02. The molecule has 3 rings (SSSR count). The number of nitrogens with zero attached hydrogens (tertiary/aromatic N) is 4.